The first kappa shape index (κ1) is 20.8. The van der Waals surface area contributed by atoms with Crippen LogP contribution in [0.15, 0.2) is 42.5 Å². The molecule has 0 spiro atoms. The van der Waals surface area contributed by atoms with Crippen LogP contribution >= 0.6 is 0 Å². The van der Waals surface area contributed by atoms with Gasteiger partial charge in [-0.15, -0.1) is 0 Å². The van der Waals surface area contributed by atoms with Crippen LogP contribution in [0, 0.1) is 16.0 Å². The molecule has 0 aromatic heterocycles. The Kier molecular flexibility index (Phi) is 7.22. The van der Waals surface area contributed by atoms with Gasteiger partial charge in [-0.1, -0.05) is 50.3 Å². The lowest BCUT2D eigenvalue weighted by Gasteiger charge is -2.23. The van der Waals surface area contributed by atoms with E-state index >= 15 is 0 Å². The zero-order chi connectivity index (χ0) is 20.6. The summed E-state index contributed by atoms with van der Waals surface area (Å²) >= 11 is 0. The second-order valence-electron chi connectivity index (χ2n) is 7.58. The Morgan fingerprint density at radius 1 is 1.14 bits per heavy atom. The lowest BCUT2D eigenvalue weighted by atomic mass is 9.84. The van der Waals surface area contributed by atoms with E-state index in [0.29, 0.717) is 24.6 Å². The molecule has 1 fully saturated rings. The highest BCUT2D eigenvalue weighted by atomic mass is 16.6. The molecule has 0 atom stereocenters. The average molecular weight is 396 g/mol. The Bertz CT molecular complexity index is 842. The van der Waals surface area contributed by atoms with Crippen LogP contribution in [0.3, 0.4) is 0 Å². The van der Waals surface area contributed by atoms with Gasteiger partial charge in [-0.05, 0) is 42.5 Å². The van der Waals surface area contributed by atoms with Crippen molar-refractivity contribution in [3.63, 3.8) is 0 Å². The minimum atomic E-state index is -0.400. The zero-order valence-corrected chi connectivity index (χ0v) is 16.9. The first-order chi connectivity index (χ1) is 14.1. The van der Waals surface area contributed by atoms with Gasteiger partial charge in [-0.25, -0.2) is 4.79 Å². The van der Waals surface area contributed by atoms with Gasteiger partial charge in [0.25, 0.3) is 5.69 Å². The van der Waals surface area contributed by atoms with Gasteiger partial charge < -0.3 is 10.1 Å². The van der Waals surface area contributed by atoms with E-state index in [9.17, 15) is 14.9 Å². The molecule has 6 heteroatoms. The summed E-state index contributed by atoms with van der Waals surface area (Å²) in [6.45, 7) is 2.67. The molecule has 0 amide bonds. The van der Waals surface area contributed by atoms with Crippen molar-refractivity contribution < 1.29 is 14.5 Å². The third-order valence-corrected chi connectivity index (χ3v) is 5.48. The lowest BCUT2D eigenvalue weighted by Crippen LogP contribution is -2.12. The topological polar surface area (TPSA) is 81.5 Å². The predicted octanol–water partition coefficient (Wildman–Crippen LogP) is 5.51. The molecular formula is C23H28N2O4. The Balaban J connectivity index is 1.77. The van der Waals surface area contributed by atoms with Gasteiger partial charge in [0.15, 0.2) is 0 Å². The van der Waals surface area contributed by atoms with E-state index in [2.05, 4.69) is 5.32 Å². The van der Waals surface area contributed by atoms with E-state index in [4.69, 9.17) is 4.74 Å². The van der Waals surface area contributed by atoms with E-state index in [1.54, 1.807) is 19.1 Å². The Labute approximate surface area is 171 Å². The van der Waals surface area contributed by atoms with Gasteiger partial charge in [0.1, 0.15) is 0 Å². The third kappa shape index (κ3) is 5.79. The second-order valence-corrected chi connectivity index (χ2v) is 7.58. The number of rotatable bonds is 8. The van der Waals surface area contributed by atoms with Crippen molar-refractivity contribution in [3.8, 4) is 0 Å². The Morgan fingerprint density at radius 3 is 2.52 bits per heavy atom. The monoisotopic (exact) mass is 396 g/mol. The summed E-state index contributed by atoms with van der Waals surface area (Å²) in [5.74, 6) is 0.354. The molecule has 0 unspecified atom stereocenters. The number of hydrogen-bond donors (Lipinski definition) is 1. The number of esters is 1. The van der Waals surface area contributed by atoms with Crippen molar-refractivity contribution in [2.75, 3.05) is 11.9 Å². The minimum Gasteiger partial charge on any atom is -0.462 e. The molecular weight excluding hydrogens is 368 g/mol. The van der Waals surface area contributed by atoms with Gasteiger partial charge in [0.2, 0.25) is 0 Å². The summed E-state index contributed by atoms with van der Waals surface area (Å²) in [4.78, 5) is 22.6. The van der Waals surface area contributed by atoms with Crippen molar-refractivity contribution in [3.05, 3.63) is 69.3 Å². The zero-order valence-electron chi connectivity index (χ0n) is 16.9. The van der Waals surface area contributed by atoms with Crippen molar-refractivity contribution >= 4 is 17.3 Å². The molecule has 6 nitrogen and oxygen atoms in total. The largest absolute Gasteiger partial charge is 0.462 e. The maximum Gasteiger partial charge on any atom is 0.338 e. The van der Waals surface area contributed by atoms with E-state index in [0.717, 1.165) is 17.7 Å². The smallest absolute Gasteiger partial charge is 0.338 e. The van der Waals surface area contributed by atoms with E-state index in [1.165, 1.54) is 49.8 Å². The van der Waals surface area contributed by atoms with Crippen LogP contribution in [-0.4, -0.2) is 17.5 Å². The Hall–Kier alpha value is -2.89. The van der Waals surface area contributed by atoms with Crippen molar-refractivity contribution in [2.24, 2.45) is 5.92 Å². The van der Waals surface area contributed by atoms with Crippen LogP contribution in [0.1, 0.15) is 60.5 Å². The number of hydrogen-bond acceptors (Lipinski definition) is 5. The number of nitro groups is 1. The van der Waals surface area contributed by atoms with Gasteiger partial charge in [-0.3, -0.25) is 10.1 Å². The number of nitrogens with one attached hydrogen (secondary N) is 1. The summed E-state index contributed by atoms with van der Waals surface area (Å²) in [5, 5.41) is 14.3. The molecule has 1 aliphatic rings. The van der Waals surface area contributed by atoms with Crippen LogP contribution < -0.4 is 5.32 Å². The van der Waals surface area contributed by atoms with Crippen LogP contribution in [0.4, 0.5) is 11.4 Å². The summed E-state index contributed by atoms with van der Waals surface area (Å²) in [7, 11) is 0. The van der Waals surface area contributed by atoms with E-state index < -0.39 is 4.92 Å². The van der Waals surface area contributed by atoms with Gasteiger partial charge in [-0.2, -0.15) is 0 Å². The fourth-order valence-corrected chi connectivity index (χ4v) is 3.90. The highest BCUT2D eigenvalue weighted by molar-refractivity contribution is 5.90. The molecule has 1 N–H and O–H groups in total. The molecule has 29 heavy (non-hydrogen) atoms. The number of benzene rings is 2. The highest BCUT2D eigenvalue weighted by Crippen LogP contribution is 2.30. The highest BCUT2D eigenvalue weighted by Gasteiger charge is 2.17. The quantitative estimate of drug-likeness (QED) is 0.362. The molecule has 0 aliphatic heterocycles. The molecule has 0 saturated heterocycles. The van der Waals surface area contributed by atoms with Crippen molar-refractivity contribution in [1.29, 1.82) is 0 Å². The first-order valence-corrected chi connectivity index (χ1v) is 10.3. The van der Waals surface area contributed by atoms with Crippen molar-refractivity contribution in [2.45, 2.75) is 52.0 Å². The maximum absolute atomic E-state index is 12.2. The summed E-state index contributed by atoms with van der Waals surface area (Å²) in [6.07, 6.45) is 7.40. The molecule has 0 bridgehead atoms. The van der Waals surface area contributed by atoms with E-state index in [-0.39, 0.29) is 11.7 Å². The molecule has 0 heterocycles. The molecule has 2 aromatic rings. The molecule has 154 valence electrons. The summed E-state index contributed by atoms with van der Waals surface area (Å²) in [5.41, 5.74) is 3.69. The predicted molar refractivity (Wildman–Crippen MR) is 113 cm³/mol. The van der Waals surface area contributed by atoms with Crippen LogP contribution in [0.2, 0.25) is 0 Å². The summed E-state index contributed by atoms with van der Waals surface area (Å²) < 4.78 is 5.14. The Morgan fingerprint density at radius 2 is 1.86 bits per heavy atom. The van der Waals surface area contributed by atoms with Crippen LogP contribution in [-0.2, 0) is 17.7 Å². The standard InChI is InChI=1S/C23H28N2O4/c1-2-29-23(26)20-11-10-19(14-17-6-4-3-5-7-17)22(15-20)24-16-18-8-12-21(13-9-18)25(27)28/h8-13,15,17,24H,2-7,14,16H2,1H3. The minimum absolute atomic E-state index is 0.0797. The second kappa shape index (κ2) is 10.0. The van der Waals surface area contributed by atoms with E-state index in [1.807, 2.05) is 18.2 Å². The molecule has 3 rings (SSSR count). The third-order valence-electron chi connectivity index (χ3n) is 5.48. The van der Waals surface area contributed by atoms with Gasteiger partial charge >= 0.3 is 5.97 Å². The number of anilines is 1. The maximum atomic E-state index is 12.2. The fraction of sp³-hybridized carbons (Fsp3) is 0.435. The lowest BCUT2D eigenvalue weighted by molar-refractivity contribution is -0.384. The normalized spacial score (nSPS) is 14.4. The number of carbonyl (C=O) groups excluding carboxylic acids is 1. The number of nitro benzene ring substituents is 1. The number of carbonyl (C=O) groups is 1. The molecule has 1 aliphatic carbocycles. The molecule has 0 radical (unpaired) electrons. The van der Waals surface area contributed by atoms with Crippen molar-refractivity contribution in [1.82, 2.24) is 0 Å². The van der Waals surface area contributed by atoms with Crippen LogP contribution in [0.5, 0.6) is 0 Å². The fourth-order valence-electron chi connectivity index (χ4n) is 3.90. The van der Waals surface area contributed by atoms with Gasteiger partial charge in [0, 0.05) is 24.4 Å². The molecule has 1 saturated carbocycles. The first-order valence-electron chi connectivity index (χ1n) is 10.3. The number of nitrogens with zero attached hydrogens (tertiary/aromatic N) is 1. The number of non-ortho nitro benzene ring substituents is 1. The summed E-state index contributed by atoms with van der Waals surface area (Å²) in [6, 6.07) is 12.3. The van der Waals surface area contributed by atoms with Gasteiger partial charge in [0.05, 0.1) is 17.1 Å². The number of ether oxygens (including phenoxy) is 1. The SMILES string of the molecule is CCOC(=O)c1ccc(CC2CCCCC2)c(NCc2ccc([N+](=O)[O-])cc2)c1. The molecule has 2 aromatic carbocycles. The van der Waals surface area contributed by atoms with Crippen LogP contribution in [0.25, 0.3) is 0 Å². The average Bonchev–Trinajstić information content (AvgIpc) is 2.74.